The van der Waals surface area contributed by atoms with Crippen LogP contribution in [0.1, 0.15) is 41.6 Å². The van der Waals surface area contributed by atoms with Gasteiger partial charge in [0.15, 0.2) is 0 Å². The Balaban J connectivity index is 1.37. The second-order valence-corrected chi connectivity index (χ2v) is 9.30. The monoisotopic (exact) mass is 452 g/mol. The summed E-state index contributed by atoms with van der Waals surface area (Å²) in [4.78, 5) is 28.3. The summed E-state index contributed by atoms with van der Waals surface area (Å²) < 4.78 is 5.18. The lowest BCUT2D eigenvalue weighted by Crippen LogP contribution is -3.12. The van der Waals surface area contributed by atoms with E-state index in [4.69, 9.17) is 4.74 Å². The van der Waals surface area contributed by atoms with E-state index >= 15 is 0 Å². The summed E-state index contributed by atoms with van der Waals surface area (Å²) in [6.07, 6.45) is 7.06. The number of quaternary nitrogens is 1. The first kappa shape index (κ1) is 22.4. The van der Waals surface area contributed by atoms with Crippen LogP contribution in [0.2, 0.25) is 0 Å². The van der Waals surface area contributed by atoms with Crippen LogP contribution < -0.4 is 20.3 Å². The van der Waals surface area contributed by atoms with E-state index in [1.165, 1.54) is 50.5 Å². The first-order valence-corrected chi connectivity index (χ1v) is 12.0. The number of carbonyl (C=O) groups is 2. The van der Waals surface area contributed by atoms with Crippen molar-refractivity contribution in [2.24, 2.45) is 0 Å². The van der Waals surface area contributed by atoms with Crippen molar-refractivity contribution in [3.63, 3.8) is 0 Å². The largest absolute Gasteiger partial charge is 0.497 e. The van der Waals surface area contributed by atoms with E-state index in [-0.39, 0.29) is 11.8 Å². The average Bonchev–Trinajstić information content (AvgIpc) is 3.08. The predicted molar refractivity (Wildman–Crippen MR) is 128 cm³/mol. The fraction of sp³-hybridized carbons (Fsp3) is 0.360. The first-order valence-electron chi connectivity index (χ1n) is 11.2. The molecule has 0 unspecified atom stereocenters. The maximum absolute atomic E-state index is 12.6. The van der Waals surface area contributed by atoms with Crippen LogP contribution in [0.4, 0.5) is 5.69 Å². The molecule has 0 aromatic heterocycles. The number of likely N-dealkylation sites (tertiary alicyclic amines) is 1. The van der Waals surface area contributed by atoms with Crippen molar-refractivity contribution in [1.82, 2.24) is 5.32 Å². The minimum atomic E-state index is -0.166. The summed E-state index contributed by atoms with van der Waals surface area (Å²) in [5.74, 6) is 0.512. The molecule has 1 saturated heterocycles. The van der Waals surface area contributed by atoms with Gasteiger partial charge in [0.1, 0.15) is 5.75 Å². The lowest BCUT2D eigenvalue weighted by atomic mass is 10.1. The molecule has 0 bridgehead atoms. The molecular formula is C25H30N3O3S+. The van der Waals surface area contributed by atoms with Crippen LogP contribution >= 0.6 is 11.8 Å². The molecule has 2 aromatic rings. The Morgan fingerprint density at radius 3 is 2.59 bits per heavy atom. The van der Waals surface area contributed by atoms with Gasteiger partial charge >= 0.3 is 0 Å². The molecular weight excluding hydrogens is 422 g/mol. The van der Waals surface area contributed by atoms with E-state index < -0.39 is 0 Å². The number of methoxy groups -OCH3 is 1. The molecule has 2 aliphatic rings. The van der Waals surface area contributed by atoms with Crippen LogP contribution in [0.3, 0.4) is 0 Å². The highest BCUT2D eigenvalue weighted by Gasteiger charge is 2.22. The maximum Gasteiger partial charge on any atom is 0.262 e. The number of hydrogen-bond acceptors (Lipinski definition) is 4. The van der Waals surface area contributed by atoms with E-state index in [0.29, 0.717) is 22.7 Å². The fourth-order valence-corrected chi connectivity index (χ4v) is 5.02. The minimum absolute atomic E-state index is 0.0964. The molecule has 32 heavy (non-hydrogen) atoms. The predicted octanol–water partition coefficient (Wildman–Crippen LogP) is 2.97. The van der Waals surface area contributed by atoms with Crippen molar-refractivity contribution in [2.45, 2.75) is 30.6 Å². The van der Waals surface area contributed by atoms with Crippen molar-refractivity contribution in [2.75, 3.05) is 38.6 Å². The number of benzene rings is 2. The Morgan fingerprint density at radius 2 is 1.88 bits per heavy atom. The van der Waals surface area contributed by atoms with Crippen molar-refractivity contribution in [1.29, 1.82) is 0 Å². The number of nitrogens with one attached hydrogen (secondary N) is 3. The summed E-state index contributed by atoms with van der Waals surface area (Å²) in [6, 6.07) is 13.0. The van der Waals surface area contributed by atoms with Crippen molar-refractivity contribution in [3.05, 3.63) is 58.5 Å². The molecule has 2 amide bonds. The molecule has 4 rings (SSSR count). The topological polar surface area (TPSA) is 71.9 Å². The Bertz CT molecular complexity index is 996. The second kappa shape index (κ2) is 10.7. The average molecular weight is 453 g/mol. The molecule has 3 N–H and O–H groups in total. The smallest absolute Gasteiger partial charge is 0.262 e. The van der Waals surface area contributed by atoms with Crippen LogP contribution in [0.5, 0.6) is 5.75 Å². The molecule has 0 radical (unpaired) electrons. The van der Waals surface area contributed by atoms with Gasteiger partial charge in [-0.3, -0.25) is 9.59 Å². The van der Waals surface area contributed by atoms with Gasteiger partial charge in [0, 0.05) is 10.5 Å². The molecule has 0 aliphatic carbocycles. The number of thioether (sulfide) groups is 1. The zero-order valence-electron chi connectivity index (χ0n) is 18.4. The Hall–Kier alpha value is -2.77. The van der Waals surface area contributed by atoms with Crippen LogP contribution in [-0.2, 0) is 4.79 Å². The van der Waals surface area contributed by atoms with E-state index in [9.17, 15) is 9.59 Å². The number of hydrogen-bond donors (Lipinski definition) is 3. The molecule has 0 spiro atoms. The van der Waals surface area contributed by atoms with Gasteiger partial charge in [-0.2, -0.15) is 0 Å². The standard InChI is InChI=1S/C25H29N3O3S/c1-31-20-9-6-18(7-10-20)16-23-25(30)27-21-17-19(8-11-22(21)32-23)24(29)26-12-15-28-13-4-2-3-5-14-28/h6-11,16-17H,2-5,12-15H2,1H3,(H,26,29)(H,27,30)/p+1. The van der Waals surface area contributed by atoms with Gasteiger partial charge in [-0.05, 0) is 67.7 Å². The molecule has 2 aliphatic heterocycles. The lowest BCUT2D eigenvalue weighted by Gasteiger charge is -2.20. The normalized spacial score (nSPS) is 17.9. The summed E-state index contributed by atoms with van der Waals surface area (Å²) in [5.41, 5.74) is 2.17. The lowest BCUT2D eigenvalue weighted by molar-refractivity contribution is -0.898. The van der Waals surface area contributed by atoms with Crippen molar-refractivity contribution in [3.8, 4) is 5.75 Å². The highest BCUT2D eigenvalue weighted by molar-refractivity contribution is 8.04. The molecule has 2 aromatic carbocycles. The van der Waals surface area contributed by atoms with E-state index in [1.54, 1.807) is 18.1 Å². The van der Waals surface area contributed by atoms with Gasteiger partial charge in [-0.1, -0.05) is 23.9 Å². The van der Waals surface area contributed by atoms with Gasteiger partial charge in [-0.25, -0.2) is 0 Å². The molecule has 168 valence electrons. The molecule has 7 heteroatoms. The first-order chi connectivity index (χ1) is 15.6. The Labute approximate surface area is 193 Å². The second-order valence-electron chi connectivity index (χ2n) is 8.22. The quantitative estimate of drug-likeness (QED) is 0.590. The van der Waals surface area contributed by atoms with Crippen molar-refractivity contribution >= 4 is 35.3 Å². The fourth-order valence-electron chi connectivity index (χ4n) is 4.09. The zero-order valence-corrected chi connectivity index (χ0v) is 19.2. The molecule has 0 saturated carbocycles. The number of carbonyl (C=O) groups excluding carboxylic acids is 2. The Morgan fingerprint density at radius 1 is 1.12 bits per heavy atom. The molecule has 0 atom stereocenters. The van der Waals surface area contributed by atoms with E-state index in [2.05, 4.69) is 10.6 Å². The van der Waals surface area contributed by atoms with E-state index in [1.807, 2.05) is 42.5 Å². The summed E-state index contributed by atoms with van der Waals surface area (Å²) in [6.45, 7) is 4.03. The Kier molecular flexibility index (Phi) is 7.50. The zero-order chi connectivity index (χ0) is 22.3. The molecule has 6 nitrogen and oxygen atoms in total. The molecule has 1 fully saturated rings. The third-order valence-corrected chi connectivity index (χ3v) is 7.02. The number of anilines is 1. The third kappa shape index (κ3) is 5.72. The van der Waals surface area contributed by atoms with Crippen LogP contribution in [0.15, 0.2) is 52.3 Å². The molecule has 2 heterocycles. The summed E-state index contributed by atoms with van der Waals surface area (Å²) in [7, 11) is 1.63. The van der Waals surface area contributed by atoms with Gasteiger partial charge < -0.3 is 20.3 Å². The van der Waals surface area contributed by atoms with Crippen molar-refractivity contribution < 1.29 is 19.2 Å². The highest BCUT2D eigenvalue weighted by atomic mass is 32.2. The maximum atomic E-state index is 12.6. The number of amides is 2. The van der Waals surface area contributed by atoms with Crippen LogP contribution in [0, 0.1) is 0 Å². The van der Waals surface area contributed by atoms with Crippen LogP contribution in [0.25, 0.3) is 6.08 Å². The highest BCUT2D eigenvalue weighted by Crippen LogP contribution is 2.39. The number of ether oxygens (including phenoxy) is 1. The van der Waals surface area contributed by atoms with Gasteiger partial charge in [0.25, 0.3) is 11.8 Å². The minimum Gasteiger partial charge on any atom is -0.497 e. The van der Waals surface area contributed by atoms with Gasteiger partial charge in [0.2, 0.25) is 0 Å². The summed E-state index contributed by atoms with van der Waals surface area (Å²) in [5, 5.41) is 5.96. The van der Waals surface area contributed by atoms with Crippen LogP contribution in [-0.4, -0.2) is 45.1 Å². The SMILES string of the molecule is COc1ccc(C=C2Sc3ccc(C(=O)NCC[NH+]4CCCCCC4)cc3NC2=O)cc1. The van der Waals surface area contributed by atoms with Gasteiger partial charge in [-0.15, -0.1) is 0 Å². The van der Waals surface area contributed by atoms with E-state index in [0.717, 1.165) is 22.8 Å². The number of rotatable bonds is 6. The van der Waals surface area contributed by atoms with Gasteiger partial charge in [0.05, 0.1) is 43.9 Å². The summed E-state index contributed by atoms with van der Waals surface area (Å²) >= 11 is 1.41. The number of fused-ring (bicyclic) bond motifs is 1. The third-order valence-electron chi connectivity index (χ3n) is 5.92.